The number of pyridine rings is 2. The first kappa shape index (κ1) is 20.0. The van der Waals surface area contributed by atoms with Crippen molar-refractivity contribution in [3.63, 3.8) is 0 Å². The molecular formula is C24H19BN4O3. The molecule has 7 nitrogen and oxygen atoms in total. The number of hydrogen-bond acceptors (Lipinski definition) is 5. The normalized spacial score (nSPS) is 13.1. The number of rotatable bonds is 4. The highest BCUT2D eigenvalue weighted by molar-refractivity contribution is 6.46. The Balaban J connectivity index is 1.45. The van der Waals surface area contributed by atoms with Crippen LogP contribution in [-0.2, 0) is 17.8 Å². The average molecular weight is 422 g/mol. The fraction of sp³-hybridized carbons (Fsp3) is 0.167. The number of ketones is 1. The lowest BCUT2D eigenvalue weighted by Gasteiger charge is -2.29. The molecule has 0 bridgehead atoms. The van der Waals surface area contributed by atoms with Gasteiger partial charge >= 0.3 is 0 Å². The Morgan fingerprint density at radius 1 is 1.16 bits per heavy atom. The molecule has 5 rings (SSSR count). The van der Waals surface area contributed by atoms with E-state index in [9.17, 15) is 9.59 Å². The van der Waals surface area contributed by atoms with Crippen LogP contribution in [0.25, 0.3) is 22.2 Å². The third kappa shape index (κ3) is 3.24. The maximum atomic E-state index is 13.2. The minimum atomic E-state index is -0.607. The fourth-order valence-electron chi connectivity index (χ4n) is 4.28. The minimum absolute atomic E-state index is 0.226. The Morgan fingerprint density at radius 2 is 2.03 bits per heavy atom. The van der Waals surface area contributed by atoms with Crippen LogP contribution in [0.2, 0.25) is 0 Å². The zero-order valence-electron chi connectivity index (χ0n) is 17.5. The third-order valence-corrected chi connectivity index (χ3v) is 5.86. The summed E-state index contributed by atoms with van der Waals surface area (Å²) in [5.74, 6) is -0.780. The van der Waals surface area contributed by atoms with Gasteiger partial charge in [0.1, 0.15) is 13.6 Å². The molecule has 32 heavy (non-hydrogen) atoms. The van der Waals surface area contributed by atoms with Crippen molar-refractivity contribution in [1.82, 2.24) is 19.9 Å². The van der Waals surface area contributed by atoms with Gasteiger partial charge < -0.3 is 14.6 Å². The summed E-state index contributed by atoms with van der Waals surface area (Å²) in [5, 5.41) is 0.466. The maximum Gasteiger partial charge on any atom is 0.295 e. The van der Waals surface area contributed by atoms with Crippen LogP contribution in [0.5, 0.6) is 5.75 Å². The first-order valence-electron chi connectivity index (χ1n) is 10.2. The van der Waals surface area contributed by atoms with Crippen molar-refractivity contribution < 1.29 is 14.3 Å². The molecule has 8 heteroatoms. The number of benzene rings is 1. The van der Waals surface area contributed by atoms with E-state index in [1.165, 1.54) is 19.5 Å². The van der Waals surface area contributed by atoms with Crippen LogP contribution in [0.3, 0.4) is 0 Å². The molecule has 0 atom stereocenters. The topological polar surface area (TPSA) is 88.2 Å². The van der Waals surface area contributed by atoms with Crippen LogP contribution in [0, 0.1) is 0 Å². The molecule has 0 saturated carbocycles. The number of H-pyrrole nitrogens is 1. The van der Waals surface area contributed by atoms with E-state index in [2.05, 4.69) is 15.0 Å². The quantitative estimate of drug-likeness (QED) is 0.310. The van der Waals surface area contributed by atoms with Crippen LogP contribution in [-0.4, -0.2) is 53.0 Å². The van der Waals surface area contributed by atoms with Crippen LogP contribution >= 0.6 is 0 Å². The molecule has 1 N–H and O–H groups in total. The lowest BCUT2D eigenvalue weighted by Crippen LogP contribution is -2.40. The number of aromatic amines is 1. The Bertz CT molecular complexity index is 1350. The fourth-order valence-corrected chi connectivity index (χ4v) is 4.28. The van der Waals surface area contributed by atoms with E-state index < -0.39 is 11.7 Å². The molecule has 1 aliphatic rings. The predicted octanol–water partition coefficient (Wildman–Crippen LogP) is 2.19. The molecule has 0 unspecified atom stereocenters. The number of Topliss-reactive ketones (excluding diaryl/α,β-unsaturated/α-hetero) is 1. The van der Waals surface area contributed by atoms with E-state index in [0.717, 1.165) is 22.4 Å². The molecule has 1 amide bonds. The number of amides is 1. The van der Waals surface area contributed by atoms with E-state index in [0.29, 0.717) is 36.2 Å². The molecule has 0 aliphatic carbocycles. The van der Waals surface area contributed by atoms with Gasteiger partial charge in [-0.1, -0.05) is 24.3 Å². The van der Waals surface area contributed by atoms with Crippen LogP contribution < -0.4 is 10.3 Å². The summed E-state index contributed by atoms with van der Waals surface area (Å²) in [6, 6.07) is 11.8. The van der Waals surface area contributed by atoms with E-state index >= 15 is 0 Å². The summed E-state index contributed by atoms with van der Waals surface area (Å²) >= 11 is 0. The van der Waals surface area contributed by atoms with Crippen molar-refractivity contribution in [1.29, 1.82) is 0 Å². The molecule has 1 aromatic carbocycles. The third-order valence-electron chi connectivity index (χ3n) is 5.86. The van der Waals surface area contributed by atoms with Gasteiger partial charge in [0.25, 0.3) is 11.7 Å². The Kier molecular flexibility index (Phi) is 4.97. The predicted molar refractivity (Wildman–Crippen MR) is 121 cm³/mol. The van der Waals surface area contributed by atoms with Crippen molar-refractivity contribution in [3.8, 4) is 17.0 Å². The summed E-state index contributed by atoms with van der Waals surface area (Å²) < 4.78 is 5.34. The number of nitrogens with one attached hydrogen (secondary N) is 1. The van der Waals surface area contributed by atoms with Crippen molar-refractivity contribution in [2.24, 2.45) is 0 Å². The Hall–Kier alpha value is -3.94. The summed E-state index contributed by atoms with van der Waals surface area (Å²) in [6.07, 6.45) is 5.35. The molecular weight excluding hydrogens is 403 g/mol. The highest BCUT2D eigenvalue weighted by atomic mass is 16.5. The lowest BCUT2D eigenvalue weighted by molar-refractivity contribution is -0.127. The highest BCUT2D eigenvalue weighted by Crippen LogP contribution is 2.31. The maximum absolute atomic E-state index is 13.2. The van der Waals surface area contributed by atoms with E-state index in [1.54, 1.807) is 11.1 Å². The summed E-state index contributed by atoms with van der Waals surface area (Å²) in [4.78, 5) is 39.4. The highest BCUT2D eigenvalue weighted by Gasteiger charge is 2.30. The molecule has 4 aromatic rings. The standard InChI is InChI=1S/C24H19BN4O3/c1-32-19-12-28-23(25)21-20(19)17(11-27-21)22(30)24(31)29-10-8-15-14(13-29)5-4-6-16(15)18-7-2-3-9-26-18/h2-7,9,11-12,27H,8,10,13H2,1H3. The molecule has 0 fully saturated rings. The number of carbonyl (C=O) groups excluding carboxylic acids is 2. The second-order valence-corrected chi connectivity index (χ2v) is 7.63. The van der Waals surface area contributed by atoms with Gasteiger partial charge in [-0.15, -0.1) is 0 Å². The molecule has 4 heterocycles. The first-order valence-corrected chi connectivity index (χ1v) is 10.2. The number of ether oxygens (including phenoxy) is 1. The minimum Gasteiger partial charge on any atom is -0.494 e. The van der Waals surface area contributed by atoms with Crippen LogP contribution in [0.1, 0.15) is 21.5 Å². The summed E-state index contributed by atoms with van der Waals surface area (Å²) in [5.41, 5.74) is 5.08. The number of fused-ring (bicyclic) bond motifs is 2. The zero-order valence-corrected chi connectivity index (χ0v) is 17.5. The van der Waals surface area contributed by atoms with Crippen molar-refractivity contribution >= 4 is 36.0 Å². The smallest absolute Gasteiger partial charge is 0.295 e. The summed E-state index contributed by atoms with van der Waals surface area (Å²) in [7, 11) is 7.40. The van der Waals surface area contributed by atoms with Crippen molar-refractivity contribution in [3.05, 3.63) is 71.7 Å². The van der Waals surface area contributed by atoms with Crippen LogP contribution in [0.4, 0.5) is 0 Å². The largest absolute Gasteiger partial charge is 0.494 e. The van der Waals surface area contributed by atoms with E-state index in [-0.39, 0.29) is 11.2 Å². The van der Waals surface area contributed by atoms with Gasteiger partial charge in [0.05, 0.1) is 35.5 Å². The van der Waals surface area contributed by atoms with Crippen molar-refractivity contribution in [2.45, 2.75) is 13.0 Å². The molecule has 0 saturated heterocycles. The molecule has 1 aliphatic heterocycles. The van der Waals surface area contributed by atoms with Gasteiger partial charge in [0.15, 0.2) is 0 Å². The molecule has 2 radical (unpaired) electrons. The second-order valence-electron chi connectivity index (χ2n) is 7.63. The monoisotopic (exact) mass is 422 g/mol. The van der Waals surface area contributed by atoms with E-state index in [4.69, 9.17) is 12.6 Å². The Labute approximate surface area is 185 Å². The molecule has 156 valence electrons. The van der Waals surface area contributed by atoms with Crippen molar-refractivity contribution in [2.75, 3.05) is 13.7 Å². The second kappa shape index (κ2) is 7.96. The number of hydrogen-bond donors (Lipinski definition) is 1. The van der Waals surface area contributed by atoms with E-state index in [1.807, 2.05) is 36.4 Å². The average Bonchev–Trinajstić information content (AvgIpc) is 3.29. The zero-order chi connectivity index (χ0) is 22.2. The first-order chi connectivity index (χ1) is 15.6. The van der Waals surface area contributed by atoms with Gasteiger partial charge in [0.2, 0.25) is 0 Å². The van der Waals surface area contributed by atoms with Crippen LogP contribution in [0.15, 0.2) is 55.0 Å². The number of methoxy groups -OCH3 is 1. The number of aromatic nitrogens is 3. The molecule has 0 spiro atoms. The summed E-state index contributed by atoms with van der Waals surface area (Å²) in [6.45, 7) is 0.814. The van der Waals surface area contributed by atoms with Gasteiger partial charge in [-0.2, -0.15) is 0 Å². The number of carbonyl (C=O) groups is 2. The number of nitrogens with zero attached hydrogens (tertiary/aromatic N) is 3. The van der Waals surface area contributed by atoms with Gasteiger partial charge in [0, 0.05) is 36.6 Å². The molecule has 3 aromatic heterocycles. The van der Waals surface area contributed by atoms with Gasteiger partial charge in [-0.3, -0.25) is 19.6 Å². The van der Waals surface area contributed by atoms with Gasteiger partial charge in [-0.05, 0) is 29.7 Å². The lowest BCUT2D eigenvalue weighted by atomic mass is 9.92. The Morgan fingerprint density at radius 3 is 2.81 bits per heavy atom. The SMILES string of the molecule is [B]c1ncc(OC)c2c(C(=O)C(=O)N3CCc4c(cccc4-c4ccccn4)C3)c[nH]c12. The van der Waals surface area contributed by atoms with Gasteiger partial charge in [-0.25, -0.2) is 0 Å².